The number of esters is 1. The summed E-state index contributed by atoms with van der Waals surface area (Å²) in [5.74, 6) is 1.06. The fourth-order valence-electron chi connectivity index (χ4n) is 3.95. The van der Waals surface area contributed by atoms with Crippen LogP contribution in [0.15, 0.2) is 48.8 Å². The second-order valence-corrected chi connectivity index (χ2v) is 10.1. The molecule has 2 aromatic heterocycles. The Labute approximate surface area is 226 Å². The summed E-state index contributed by atoms with van der Waals surface area (Å²) in [6.07, 6.45) is 2.89. The Kier molecular flexibility index (Phi) is 7.91. The Morgan fingerprint density at radius 3 is 2.37 bits per heavy atom. The summed E-state index contributed by atoms with van der Waals surface area (Å²) in [4.78, 5) is 37.2. The SMILES string of the molecule is COC(=O)c1c(Cl)cccc1Oc1cnc(N)cc1-c1ccc(N2CCN(C(=O)OC(C)(C)C)CC2)nc1. The lowest BCUT2D eigenvalue weighted by Crippen LogP contribution is -2.50. The molecule has 1 saturated heterocycles. The van der Waals surface area contributed by atoms with Crippen LogP contribution in [0.5, 0.6) is 11.5 Å². The molecule has 3 aromatic rings. The van der Waals surface area contributed by atoms with Gasteiger partial charge in [-0.2, -0.15) is 0 Å². The van der Waals surface area contributed by atoms with E-state index in [4.69, 9.17) is 31.5 Å². The number of hydrogen-bond donors (Lipinski definition) is 1. The van der Waals surface area contributed by atoms with Crippen molar-refractivity contribution in [2.75, 3.05) is 43.9 Å². The lowest BCUT2D eigenvalue weighted by molar-refractivity contribution is 0.0240. The molecule has 0 bridgehead atoms. The highest BCUT2D eigenvalue weighted by Crippen LogP contribution is 2.37. The largest absolute Gasteiger partial charge is 0.465 e. The number of amides is 1. The summed E-state index contributed by atoms with van der Waals surface area (Å²) in [5, 5.41) is 0.206. The number of rotatable bonds is 5. The van der Waals surface area contributed by atoms with E-state index in [2.05, 4.69) is 14.9 Å². The lowest BCUT2D eigenvalue weighted by Gasteiger charge is -2.36. The molecule has 2 N–H and O–H groups in total. The number of nitrogen functional groups attached to an aromatic ring is 1. The number of nitrogens with zero attached hydrogens (tertiary/aromatic N) is 4. The Morgan fingerprint density at radius 2 is 1.74 bits per heavy atom. The molecular formula is C27H30ClN5O5. The third-order valence-electron chi connectivity index (χ3n) is 5.79. The van der Waals surface area contributed by atoms with Gasteiger partial charge in [-0.3, -0.25) is 0 Å². The summed E-state index contributed by atoms with van der Waals surface area (Å²) >= 11 is 6.24. The van der Waals surface area contributed by atoms with Crippen molar-refractivity contribution in [1.29, 1.82) is 0 Å². The van der Waals surface area contributed by atoms with E-state index in [1.54, 1.807) is 35.4 Å². The van der Waals surface area contributed by atoms with Crippen LogP contribution in [-0.4, -0.2) is 65.8 Å². The molecule has 0 radical (unpaired) electrons. The highest BCUT2D eigenvalue weighted by molar-refractivity contribution is 6.34. The molecule has 0 spiro atoms. The van der Waals surface area contributed by atoms with Gasteiger partial charge in [-0.1, -0.05) is 17.7 Å². The van der Waals surface area contributed by atoms with Crippen LogP contribution in [0, 0.1) is 0 Å². The normalized spacial score (nSPS) is 13.7. The van der Waals surface area contributed by atoms with Gasteiger partial charge in [0.2, 0.25) is 0 Å². The van der Waals surface area contributed by atoms with Gasteiger partial charge in [0.15, 0.2) is 5.75 Å². The third-order valence-corrected chi connectivity index (χ3v) is 6.10. The minimum absolute atomic E-state index is 0.110. The van der Waals surface area contributed by atoms with Gasteiger partial charge in [-0.05, 0) is 51.1 Å². The molecule has 0 atom stereocenters. The second-order valence-electron chi connectivity index (χ2n) is 9.67. The van der Waals surface area contributed by atoms with Crippen LogP contribution in [0.4, 0.5) is 16.4 Å². The van der Waals surface area contributed by atoms with Crippen molar-refractivity contribution in [3.63, 3.8) is 0 Å². The van der Waals surface area contributed by atoms with E-state index in [1.165, 1.54) is 13.3 Å². The first-order chi connectivity index (χ1) is 18.1. The Hall–Kier alpha value is -4.05. The van der Waals surface area contributed by atoms with Crippen LogP contribution in [0.1, 0.15) is 31.1 Å². The molecule has 3 heterocycles. The van der Waals surface area contributed by atoms with Crippen molar-refractivity contribution >= 4 is 35.3 Å². The number of ether oxygens (including phenoxy) is 3. The molecule has 200 valence electrons. The van der Waals surface area contributed by atoms with Crippen LogP contribution in [-0.2, 0) is 9.47 Å². The number of halogens is 1. The highest BCUT2D eigenvalue weighted by Gasteiger charge is 2.26. The maximum atomic E-state index is 12.4. The second kappa shape index (κ2) is 11.1. The number of pyridine rings is 2. The zero-order chi connectivity index (χ0) is 27.4. The van der Waals surface area contributed by atoms with Gasteiger partial charge in [-0.15, -0.1) is 0 Å². The van der Waals surface area contributed by atoms with Crippen molar-refractivity contribution in [3.05, 3.63) is 59.4 Å². The number of nitrogens with two attached hydrogens (primary N) is 1. The van der Waals surface area contributed by atoms with E-state index in [1.807, 2.05) is 32.9 Å². The lowest BCUT2D eigenvalue weighted by atomic mass is 10.1. The molecule has 0 aliphatic carbocycles. The van der Waals surface area contributed by atoms with Crippen LogP contribution in [0.2, 0.25) is 5.02 Å². The van der Waals surface area contributed by atoms with Crippen molar-refractivity contribution in [1.82, 2.24) is 14.9 Å². The number of hydrogen-bond acceptors (Lipinski definition) is 9. The topological polar surface area (TPSA) is 120 Å². The first-order valence-corrected chi connectivity index (χ1v) is 12.4. The monoisotopic (exact) mass is 539 g/mol. The number of piperazine rings is 1. The van der Waals surface area contributed by atoms with E-state index in [9.17, 15) is 9.59 Å². The molecule has 0 saturated carbocycles. The van der Waals surface area contributed by atoms with Gasteiger partial charge in [0.1, 0.15) is 28.5 Å². The highest BCUT2D eigenvalue weighted by atomic mass is 35.5. The van der Waals surface area contributed by atoms with E-state index < -0.39 is 11.6 Å². The molecule has 4 rings (SSSR count). The molecule has 38 heavy (non-hydrogen) atoms. The molecule has 0 unspecified atom stereocenters. The number of anilines is 2. The number of carbonyl (C=O) groups excluding carboxylic acids is 2. The average molecular weight is 540 g/mol. The molecule has 1 aliphatic heterocycles. The first kappa shape index (κ1) is 27.0. The smallest absolute Gasteiger partial charge is 0.410 e. The van der Waals surface area contributed by atoms with Crippen molar-refractivity contribution in [2.45, 2.75) is 26.4 Å². The number of carbonyl (C=O) groups is 2. The standard InChI is InChI=1S/C27H30ClN5O5/c1-27(2,3)38-26(35)33-12-10-32(11-13-33)23-9-8-17(15-31-23)18-14-22(29)30-16-21(18)37-20-7-5-6-19(28)24(20)25(34)36-4/h5-9,14-16H,10-13H2,1-4H3,(H2,29,30). The summed E-state index contributed by atoms with van der Waals surface area (Å²) in [7, 11) is 1.27. The van der Waals surface area contributed by atoms with Gasteiger partial charge < -0.3 is 29.7 Å². The van der Waals surface area contributed by atoms with Crippen molar-refractivity contribution < 1.29 is 23.8 Å². The van der Waals surface area contributed by atoms with Gasteiger partial charge in [-0.25, -0.2) is 19.6 Å². The fraction of sp³-hybridized carbons (Fsp3) is 0.333. The van der Waals surface area contributed by atoms with Gasteiger partial charge >= 0.3 is 12.1 Å². The summed E-state index contributed by atoms with van der Waals surface area (Å²) in [6.45, 7) is 7.91. The van der Waals surface area contributed by atoms with Crippen LogP contribution in [0.25, 0.3) is 11.1 Å². The van der Waals surface area contributed by atoms with Gasteiger partial charge in [0.25, 0.3) is 0 Å². The molecule has 10 nitrogen and oxygen atoms in total. The molecule has 1 aliphatic rings. The predicted octanol–water partition coefficient (Wildman–Crippen LogP) is 5.02. The summed E-state index contributed by atoms with van der Waals surface area (Å²) < 4.78 is 16.4. The zero-order valence-electron chi connectivity index (χ0n) is 21.7. The molecule has 1 amide bonds. The Bertz CT molecular complexity index is 1320. The Morgan fingerprint density at radius 1 is 1.00 bits per heavy atom. The van der Waals surface area contributed by atoms with Gasteiger partial charge in [0, 0.05) is 43.5 Å². The average Bonchev–Trinajstić information content (AvgIpc) is 2.88. The van der Waals surface area contributed by atoms with E-state index in [-0.39, 0.29) is 22.4 Å². The summed E-state index contributed by atoms with van der Waals surface area (Å²) in [6, 6.07) is 10.4. The minimum Gasteiger partial charge on any atom is -0.465 e. The first-order valence-electron chi connectivity index (χ1n) is 12.0. The summed E-state index contributed by atoms with van der Waals surface area (Å²) in [5.41, 5.74) is 6.93. The van der Waals surface area contributed by atoms with Gasteiger partial charge in [0.05, 0.1) is 18.3 Å². The number of aromatic nitrogens is 2. The van der Waals surface area contributed by atoms with E-state index >= 15 is 0 Å². The number of methoxy groups -OCH3 is 1. The van der Waals surface area contributed by atoms with Crippen LogP contribution in [0.3, 0.4) is 0 Å². The Balaban J connectivity index is 1.52. The van der Waals surface area contributed by atoms with Crippen LogP contribution >= 0.6 is 11.6 Å². The minimum atomic E-state index is -0.617. The fourth-order valence-corrected chi connectivity index (χ4v) is 4.19. The molecule has 11 heteroatoms. The van der Waals surface area contributed by atoms with E-state index in [0.29, 0.717) is 43.3 Å². The van der Waals surface area contributed by atoms with Crippen molar-refractivity contribution in [2.24, 2.45) is 0 Å². The van der Waals surface area contributed by atoms with Crippen LogP contribution < -0.4 is 15.4 Å². The third kappa shape index (κ3) is 6.25. The molecule has 1 fully saturated rings. The quantitative estimate of drug-likeness (QED) is 0.446. The maximum absolute atomic E-state index is 12.4. The maximum Gasteiger partial charge on any atom is 0.410 e. The van der Waals surface area contributed by atoms with Crippen molar-refractivity contribution in [3.8, 4) is 22.6 Å². The predicted molar refractivity (Wildman–Crippen MR) is 145 cm³/mol. The zero-order valence-corrected chi connectivity index (χ0v) is 22.5. The van der Waals surface area contributed by atoms with E-state index in [0.717, 1.165) is 11.4 Å². The number of benzene rings is 1. The molecular weight excluding hydrogens is 510 g/mol. The molecule has 1 aromatic carbocycles.